The smallest absolute Gasteiger partial charge is 0.329 e. The lowest BCUT2D eigenvalue weighted by Gasteiger charge is -2.03. The van der Waals surface area contributed by atoms with Crippen molar-refractivity contribution < 1.29 is 9.21 Å². The van der Waals surface area contributed by atoms with E-state index >= 15 is 0 Å². The van der Waals surface area contributed by atoms with Gasteiger partial charge in [0, 0.05) is 23.9 Å². The van der Waals surface area contributed by atoms with Crippen LogP contribution in [0.4, 0.5) is 0 Å². The van der Waals surface area contributed by atoms with Crippen molar-refractivity contribution in [3.05, 3.63) is 44.6 Å². The molecule has 0 saturated carbocycles. The number of aromatic nitrogens is 2. The van der Waals surface area contributed by atoms with E-state index < -0.39 is 11.2 Å². The van der Waals surface area contributed by atoms with Crippen molar-refractivity contribution in [3.8, 4) is 11.3 Å². The summed E-state index contributed by atoms with van der Waals surface area (Å²) in [7, 11) is 0. The molecule has 0 spiro atoms. The predicted octanol–water partition coefficient (Wildman–Crippen LogP) is 1.99. The average molecular weight is 304 g/mol. The largest absolute Gasteiger partial charge is 0.464 e. The third-order valence-corrected chi connectivity index (χ3v) is 4.09. The number of furan rings is 1. The van der Waals surface area contributed by atoms with E-state index in [1.54, 1.807) is 17.5 Å². The molecule has 21 heavy (non-hydrogen) atoms. The van der Waals surface area contributed by atoms with Crippen LogP contribution in [0.2, 0.25) is 0 Å². The van der Waals surface area contributed by atoms with Gasteiger partial charge in [-0.1, -0.05) is 0 Å². The molecule has 0 aliphatic rings. The number of carbonyl (C=O) groups excluding carboxylic acids is 1. The molecule has 0 aromatic carbocycles. The number of H-pyrrole nitrogens is 1. The third kappa shape index (κ3) is 2.36. The number of hydrogen-bond acceptors (Lipinski definition) is 5. The highest BCUT2D eigenvalue weighted by atomic mass is 32.1. The number of nitrogens with one attached hydrogen (secondary N) is 1. The van der Waals surface area contributed by atoms with Crippen LogP contribution in [0.1, 0.15) is 13.3 Å². The van der Waals surface area contributed by atoms with Crippen molar-refractivity contribution in [1.82, 2.24) is 9.55 Å². The number of Topliss-reactive ketones (excluding diaryl/α,β-unsaturated/α-hetero) is 1. The lowest BCUT2D eigenvalue weighted by Crippen LogP contribution is -2.35. The minimum Gasteiger partial charge on any atom is -0.464 e. The van der Waals surface area contributed by atoms with E-state index in [4.69, 9.17) is 4.42 Å². The van der Waals surface area contributed by atoms with E-state index in [9.17, 15) is 14.4 Å². The maximum absolute atomic E-state index is 12.5. The summed E-state index contributed by atoms with van der Waals surface area (Å²) in [6.07, 6.45) is 1.67. The number of carbonyl (C=O) groups is 1. The normalized spacial score (nSPS) is 11.1. The Hall–Kier alpha value is -2.41. The van der Waals surface area contributed by atoms with Gasteiger partial charge in [-0.15, -0.1) is 11.3 Å². The van der Waals surface area contributed by atoms with Crippen LogP contribution >= 0.6 is 11.3 Å². The molecule has 3 aromatic rings. The van der Waals surface area contributed by atoms with Gasteiger partial charge in [0.1, 0.15) is 16.4 Å². The number of thiophene rings is 1. The molecule has 0 aliphatic heterocycles. The molecule has 1 N–H and O–H groups in total. The van der Waals surface area contributed by atoms with E-state index in [2.05, 4.69) is 4.98 Å². The Kier molecular flexibility index (Phi) is 3.34. The van der Waals surface area contributed by atoms with Crippen LogP contribution in [0.25, 0.3) is 21.5 Å². The molecular weight excluding hydrogens is 292 g/mol. The molecule has 0 bridgehead atoms. The van der Waals surface area contributed by atoms with Crippen molar-refractivity contribution in [2.75, 3.05) is 0 Å². The number of fused-ring (bicyclic) bond motifs is 1. The van der Waals surface area contributed by atoms with Crippen LogP contribution in [0.3, 0.4) is 0 Å². The molecule has 0 saturated heterocycles. The number of hydrogen-bond donors (Lipinski definition) is 1. The summed E-state index contributed by atoms with van der Waals surface area (Å²) >= 11 is 1.28. The number of rotatable bonds is 4. The van der Waals surface area contributed by atoms with Crippen LogP contribution in [-0.4, -0.2) is 15.3 Å². The highest BCUT2D eigenvalue weighted by Crippen LogP contribution is 2.30. The standard InChI is InChI=1S/C14H12N2O4S/c1-8(17)4-5-16-13(18)11-9(10-3-2-6-20-10)7-21-12(11)15-14(16)19/h2-3,6-7H,4-5H2,1H3,(H,15,19). The van der Waals surface area contributed by atoms with Gasteiger partial charge in [0.2, 0.25) is 0 Å². The van der Waals surface area contributed by atoms with Crippen molar-refractivity contribution in [1.29, 1.82) is 0 Å². The minimum absolute atomic E-state index is 0.0713. The van der Waals surface area contributed by atoms with Gasteiger partial charge in [-0.25, -0.2) is 4.79 Å². The molecule has 7 heteroatoms. The fraction of sp³-hybridized carbons (Fsp3) is 0.214. The monoisotopic (exact) mass is 304 g/mol. The zero-order valence-corrected chi connectivity index (χ0v) is 12.0. The maximum Gasteiger partial charge on any atom is 0.329 e. The van der Waals surface area contributed by atoms with Crippen LogP contribution in [-0.2, 0) is 11.3 Å². The fourth-order valence-electron chi connectivity index (χ4n) is 2.14. The Morgan fingerprint density at radius 1 is 1.43 bits per heavy atom. The average Bonchev–Trinajstić information content (AvgIpc) is 3.05. The lowest BCUT2D eigenvalue weighted by atomic mass is 10.2. The molecule has 3 rings (SSSR count). The SMILES string of the molecule is CC(=O)CCn1c(=O)[nH]c2scc(-c3ccco3)c2c1=O. The van der Waals surface area contributed by atoms with E-state index in [0.29, 0.717) is 21.5 Å². The molecule has 0 fully saturated rings. The fourth-order valence-corrected chi connectivity index (χ4v) is 3.07. The first-order valence-electron chi connectivity index (χ1n) is 6.35. The van der Waals surface area contributed by atoms with Crippen molar-refractivity contribution in [3.63, 3.8) is 0 Å². The first kappa shape index (κ1) is 13.6. The molecule has 0 atom stereocenters. The first-order valence-corrected chi connectivity index (χ1v) is 7.23. The summed E-state index contributed by atoms with van der Waals surface area (Å²) in [5.41, 5.74) is -0.248. The zero-order valence-electron chi connectivity index (χ0n) is 11.2. The molecular formula is C14H12N2O4S. The van der Waals surface area contributed by atoms with Gasteiger partial charge in [0.05, 0.1) is 11.6 Å². The van der Waals surface area contributed by atoms with Crippen LogP contribution in [0.5, 0.6) is 0 Å². The van der Waals surface area contributed by atoms with Crippen LogP contribution < -0.4 is 11.2 Å². The van der Waals surface area contributed by atoms with Crippen molar-refractivity contribution in [2.24, 2.45) is 0 Å². The second kappa shape index (κ2) is 5.17. The van der Waals surface area contributed by atoms with Crippen molar-refractivity contribution in [2.45, 2.75) is 19.9 Å². The highest BCUT2D eigenvalue weighted by Gasteiger charge is 2.16. The summed E-state index contributed by atoms with van der Waals surface area (Å²) in [6.45, 7) is 1.50. The van der Waals surface area contributed by atoms with E-state index in [-0.39, 0.29) is 18.7 Å². The molecule has 0 amide bonds. The Morgan fingerprint density at radius 2 is 2.24 bits per heavy atom. The summed E-state index contributed by atoms with van der Waals surface area (Å²) in [5.74, 6) is 0.501. The van der Waals surface area contributed by atoms with E-state index in [1.165, 1.54) is 24.5 Å². The molecule has 3 aromatic heterocycles. The summed E-state index contributed by atoms with van der Waals surface area (Å²) in [4.78, 5) is 38.7. The first-order chi connectivity index (χ1) is 10.1. The Balaban J connectivity index is 2.22. The van der Waals surface area contributed by atoms with Gasteiger partial charge in [-0.05, 0) is 19.1 Å². The topological polar surface area (TPSA) is 85.1 Å². The van der Waals surface area contributed by atoms with Gasteiger partial charge in [0.15, 0.2) is 0 Å². The minimum atomic E-state index is -0.499. The molecule has 0 radical (unpaired) electrons. The molecule has 0 unspecified atom stereocenters. The maximum atomic E-state index is 12.5. The van der Waals surface area contributed by atoms with Gasteiger partial charge < -0.3 is 4.42 Å². The number of nitrogens with zero attached hydrogens (tertiary/aromatic N) is 1. The molecule has 3 heterocycles. The molecule has 108 valence electrons. The lowest BCUT2D eigenvalue weighted by molar-refractivity contribution is -0.117. The van der Waals surface area contributed by atoms with Gasteiger partial charge in [-0.3, -0.25) is 19.1 Å². The number of ketones is 1. The van der Waals surface area contributed by atoms with Crippen molar-refractivity contribution >= 4 is 27.3 Å². The predicted molar refractivity (Wildman–Crippen MR) is 79.7 cm³/mol. The van der Waals surface area contributed by atoms with Crippen LogP contribution in [0.15, 0.2) is 37.8 Å². The van der Waals surface area contributed by atoms with Gasteiger partial charge >= 0.3 is 5.69 Å². The summed E-state index contributed by atoms with van der Waals surface area (Å²) in [5, 5.41) is 2.19. The third-order valence-electron chi connectivity index (χ3n) is 3.19. The Morgan fingerprint density at radius 3 is 2.90 bits per heavy atom. The van der Waals surface area contributed by atoms with E-state index in [0.717, 1.165) is 4.57 Å². The highest BCUT2D eigenvalue weighted by molar-refractivity contribution is 7.17. The quantitative estimate of drug-likeness (QED) is 0.798. The zero-order chi connectivity index (χ0) is 15.0. The second-order valence-electron chi connectivity index (χ2n) is 4.67. The van der Waals surface area contributed by atoms with E-state index in [1.807, 2.05) is 0 Å². The summed E-state index contributed by atoms with van der Waals surface area (Å²) < 4.78 is 6.38. The molecule has 0 aliphatic carbocycles. The Bertz CT molecular complexity index is 915. The Labute approximate surface area is 122 Å². The molecule has 6 nitrogen and oxygen atoms in total. The summed E-state index contributed by atoms with van der Waals surface area (Å²) in [6, 6.07) is 3.49. The van der Waals surface area contributed by atoms with Crippen LogP contribution in [0, 0.1) is 0 Å². The second-order valence-corrected chi connectivity index (χ2v) is 5.55. The van der Waals surface area contributed by atoms with Gasteiger partial charge in [0.25, 0.3) is 5.56 Å². The van der Waals surface area contributed by atoms with Gasteiger partial charge in [-0.2, -0.15) is 0 Å². The number of aromatic amines is 1.